The number of hydrogen-bond donors (Lipinski definition) is 2. The summed E-state index contributed by atoms with van der Waals surface area (Å²) in [6.45, 7) is 0.869. The van der Waals surface area contributed by atoms with E-state index in [1.54, 1.807) is 14.2 Å². The third-order valence-corrected chi connectivity index (χ3v) is 5.20. The van der Waals surface area contributed by atoms with Gasteiger partial charge in [-0.3, -0.25) is 0 Å². The van der Waals surface area contributed by atoms with Gasteiger partial charge in [-0.1, -0.05) is 24.3 Å². The molecule has 0 fully saturated rings. The predicted octanol–water partition coefficient (Wildman–Crippen LogP) is 5.68. The van der Waals surface area contributed by atoms with Crippen molar-refractivity contribution < 1.29 is 27.4 Å². The highest BCUT2D eigenvalue weighted by Crippen LogP contribution is 2.26. The van der Waals surface area contributed by atoms with Crippen LogP contribution < -0.4 is 24.8 Å². The molecule has 0 aliphatic rings. The van der Waals surface area contributed by atoms with Crippen molar-refractivity contribution in [3.8, 4) is 28.6 Å². The molecule has 0 saturated carbocycles. The monoisotopic (exact) mass is 511 g/mol. The Bertz CT molecular complexity index is 1230. The summed E-state index contributed by atoms with van der Waals surface area (Å²) in [6, 6.07) is 20.4. The molecule has 0 bridgehead atoms. The minimum Gasteiger partial charge on any atom is -0.497 e. The molecule has 11 heteroatoms. The number of halogens is 3. The zero-order valence-corrected chi connectivity index (χ0v) is 20.0. The number of methoxy groups -OCH3 is 2. The van der Waals surface area contributed by atoms with E-state index in [1.807, 2.05) is 48.5 Å². The van der Waals surface area contributed by atoms with E-state index < -0.39 is 6.36 Å². The van der Waals surface area contributed by atoms with Crippen LogP contribution >= 0.6 is 0 Å². The lowest BCUT2D eigenvalue weighted by Gasteiger charge is -2.12. The normalized spacial score (nSPS) is 11.1. The Balaban J connectivity index is 1.55. The second kappa shape index (κ2) is 11.5. The number of rotatable bonds is 10. The van der Waals surface area contributed by atoms with E-state index in [1.165, 1.54) is 24.3 Å². The largest absolute Gasteiger partial charge is 0.573 e. The summed E-state index contributed by atoms with van der Waals surface area (Å²) in [6.07, 6.45) is -4.77. The van der Waals surface area contributed by atoms with Gasteiger partial charge in [0.1, 0.15) is 17.2 Å². The number of aromatic nitrogens is 3. The standard InChI is InChI=1S/C26H24F3N5O3/c1-35-20-9-3-17(4-10-20)15-30-24-32-23(19-7-13-22(14-8-19)37-26(27,28)29)33-25(34-24)31-16-18-5-11-21(36-2)12-6-18/h3-14H,15-16H2,1-2H3,(H2,30,31,32,33,34). The Labute approximate surface area is 211 Å². The predicted molar refractivity (Wildman–Crippen MR) is 133 cm³/mol. The van der Waals surface area contributed by atoms with Gasteiger partial charge in [-0.05, 0) is 59.7 Å². The van der Waals surface area contributed by atoms with E-state index in [0.717, 1.165) is 22.6 Å². The topological polar surface area (TPSA) is 90.4 Å². The summed E-state index contributed by atoms with van der Waals surface area (Å²) in [5, 5.41) is 6.34. The number of nitrogens with zero attached hydrogens (tertiary/aromatic N) is 3. The van der Waals surface area contributed by atoms with Crippen molar-refractivity contribution in [3.05, 3.63) is 83.9 Å². The highest BCUT2D eigenvalue weighted by Gasteiger charge is 2.31. The van der Waals surface area contributed by atoms with Crippen LogP contribution in [0.3, 0.4) is 0 Å². The molecule has 0 radical (unpaired) electrons. The molecule has 2 N–H and O–H groups in total. The SMILES string of the molecule is COc1ccc(CNc2nc(NCc3ccc(OC)cc3)nc(-c3ccc(OC(F)(F)F)cc3)n2)cc1. The van der Waals surface area contributed by atoms with Gasteiger partial charge < -0.3 is 24.8 Å². The molecule has 0 aliphatic heterocycles. The first kappa shape index (κ1) is 25.5. The summed E-state index contributed by atoms with van der Waals surface area (Å²) < 4.78 is 51.9. The van der Waals surface area contributed by atoms with Crippen LogP contribution in [-0.4, -0.2) is 35.5 Å². The van der Waals surface area contributed by atoms with E-state index in [9.17, 15) is 13.2 Å². The third-order valence-electron chi connectivity index (χ3n) is 5.20. The molecule has 4 aromatic rings. The quantitative estimate of drug-likeness (QED) is 0.281. The smallest absolute Gasteiger partial charge is 0.497 e. The molecular formula is C26H24F3N5O3. The van der Waals surface area contributed by atoms with Crippen LogP contribution in [-0.2, 0) is 13.1 Å². The molecule has 1 heterocycles. The van der Waals surface area contributed by atoms with Crippen molar-refractivity contribution in [3.63, 3.8) is 0 Å². The zero-order valence-electron chi connectivity index (χ0n) is 20.0. The molecule has 4 rings (SSSR count). The second-order valence-electron chi connectivity index (χ2n) is 7.78. The van der Waals surface area contributed by atoms with E-state index in [4.69, 9.17) is 9.47 Å². The van der Waals surface area contributed by atoms with Crippen molar-refractivity contribution in [2.24, 2.45) is 0 Å². The number of benzene rings is 3. The highest BCUT2D eigenvalue weighted by molar-refractivity contribution is 5.59. The molecule has 192 valence electrons. The van der Waals surface area contributed by atoms with Crippen LogP contribution in [0.2, 0.25) is 0 Å². The number of anilines is 2. The molecule has 3 aromatic carbocycles. The Morgan fingerprint density at radius 3 is 1.46 bits per heavy atom. The van der Waals surface area contributed by atoms with E-state index in [0.29, 0.717) is 30.5 Å². The van der Waals surface area contributed by atoms with Crippen molar-refractivity contribution in [1.82, 2.24) is 15.0 Å². The summed E-state index contributed by atoms with van der Waals surface area (Å²) in [7, 11) is 3.20. The fourth-order valence-electron chi connectivity index (χ4n) is 3.32. The van der Waals surface area contributed by atoms with Crippen molar-refractivity contribution in [2.45, 2.75) is 19.5 Å². The van der Waals surface area contributed by atoms with E-state index in [-0.39, 0.29) is 11.6 Å². The molecule has 1 aromatic heterocycles. The van der Waals surface area contributed by atoms with Gasteiger partial charge in [-0.15, -0.1) is 13.2 Å². The van der Waals surface area contributed by atoms with E-state index in [2.05, 4.69) is 30.3 Å². The second-order valence-corrected chi connectivity index (χ2v) is 7.78. The molecule has 0 spiro atoms. The van der Waals surface area contributed by atoms with Crippen molar-refractivity contribution in [1.29, 1.82) is 0 Å². The lowest BCUT2D eigenvalue weighted by atomic mass is 10.2. The van der Waals surface area contributed by atoms with Gasteiger partial charge >= 0.3 is 6.36 Å². The molecule has 8 nitrogen and oxygen atoms in total. The van der Waals surface area contributed by atoms with Gasteiger partial charge in [-0.2, -0.15) is 15.0 Å². The first-order valence-corrected chi connectivity index (χ1v) is 11.2. The summed E-state index contributed by atoms with van der Waals surface area (Å²) in [5.41, 5.74) is 2.45. The molecule has 0 amide bonds. The maximum absolute atomic E-state index is 12.5. The summed E-state index contributed by atoms with van der Waals surface area (Å²) in [5.74, 6) is 2.04. The Hall–Kier alpha value is -4.54. The van der Waals surface area contributed by atoms with Crippen molar-refractivity contribution >= 4 is 11.9 Å². The average molecular weight is 512 g/mol. The van der Waals surface area contributed by atoms with Gasteiger partial charge in [0.15, 0.2) is 5.82 Å². The zero-order chi connectivity index (χ0) is 26.3. The van der Waals surface area contributed by atoms with Crippen LogP contribution in [0.5, 0.6) is 17.2 Å². The molecule has 0 atom stereocenters. The number of hydrogen-bond acceptors (Lipinski definition) is 8. The Kier molecular flexibility index (Phi) is 7.92. The first-order chi connectivity index (χ1) is 17.8. The Morgan fingerprint density at radius 1 is 0.622 bits per heavy atom. The number of ether oxygens (including phenoxy) is 3. The fourth-order valence-corrected chi connectivity index (χ4v) is 3.32. The van der Waals surface area contributed by atoms with Gasteiger partial charge in [0.05, 0.1) is 14.2 Å². The van der Waals surface area contributed by atoms with Gasteiger partial charge in [0, 0.05) is 18.7 Å². The lowest BCUT2D eigenvalue weighted by Crippen LogP contribution is -2.17. The summed E-state index contributed by atoms with van der Waals surface area (Å²) >= 11 is 0. The van der Waals surface area contributed by atoms with Crippen LogP contribution in [0.15, 0.2) is 72.8 Å². The summed E-state index contributed by atoms with van der Waals surface area (Å²) in [4.78, 5) is 13.4. The first-order valence-electron chi connectivity index (χ1n) is 11.2. The Morgan fingerprint density at radius 2 is 1.05 bits per heavy atom. The molecule has 0 unspecified atom stereocenters. The van der Waals surface area contributed by atoms with E-state index >= 15 is 0 Å². The number of alkyl halides is 3. The molecular weight excluding hydrogens is 487 g/mol. The van der Waals surface area contributed by atoms with Crippen LogP contribution in [0.1, 0.15) is 11.1 Å². The average Bonchev–Trinajstić information content (AvgIpc) is 2.91. The minimum atomic E-state index is -4.77. The fraction of sp³-hybridized carbons (Fsp3) is 0.192. The maximum atomic E-state index is 12.5. The van der Waals surface area contributed by atoms with Crippen LogP contribution in [0.25, 0.3) is 11.4 Å². The lowest BCUT2D eigenvalue weighted by molar-refractivity contribution is -0.274. The van der Waals surface area contributed by atoms with Crippen LogP contribution in [0.4, 0.5) is 25.1 Å². The van der Waals surface area contributed by atoms with Gasteiger partial charge in [0.2, 0.25) is 11.9 Å². The minimum absolute atomic E-state index is 0.281. The van der Waals surface area contributed by atoms with Gasteiger partial charge in [0.25, 0.3) is 0 Å². The molecule has 0 saturated heterocycles. The van der Waals surface area contributed by atoms with Gasteiger partial charge in [-0.25, -0.2) is 0 Å². The maximum Gasteiger partial charge on any atom is 0.573 e. The third kappa shape index (κ3) is 7.47. The molecule has 0 aliphatic carbocycles. The number of nitrogens with one attached hydrogen (secondary N) is 2. The van der Waals surface area contributed by atoms with Crippen LogP contribution in [0, 0.1) is 0 Å². The van der Waals surface area contributed by atoms with Crippen molar-refractivity contribution in [2.75, 3.05) is 24.9 Å². The molecule has 37 heavy (non-hydrogen) atoms. The highest BCUT2D eigenvalue weighted by atomic mass is 19.4.